The highest BCUT2D eigenvalue weighted by molar-refractivity contribution is 7.85. The van der Waals surface area contributed by atoms with E-state index in [1.54, 1.807) is 25.2 Å². The number of rotatable bonds is 7. The maximum atomic E-state index is 10.8. The van der Waals surface area contributed by atoms with Crippen LogP contribution in [0.25, 0.3) is 0 Å². The lowest BCUT2D eigenvalue weighted by Gasteiger charge is -2.12. The summed E-state index contributed by atoms with van der Waals surface area (Å²) in [7, 11) is 1.30. The van der Waals surface area contributed by atoms with Gasteiger partial charge in [0.1, 0.15) is 11.4 Å². The van der Waals surface area contributed by atoms with E-state index in [4.69, 9.17) is 4.55 Å². The molecule has 0 spiro atoms. The van der Waals surface area contributed by atoms with Gasteiger partial charge in [-0.15, -0.1) is 20.4 Å². The number of phenols is 1. The average molecular weight is 386 g/mol. The molecule has 1 heterocycles. The van der Waals surface area contributed by atoms with Crippen molar-refractivity contribution in [3.63, 3.8) is 0 Å². The molecular weight excluding hydrogens is 368 g/mol. The van der Waals surface area contributed by atoms with Crippen molar-refractivity contribution in [2.45, 2.75) is 0 Å². The van der Waals surface area contributed by atoms with Crippen molar-refractivity contribution < 1.29 is 18.1 Å². The molecule has 0 fully saturated rings. The molecule has 2 rings (SSSR count). The summed E-state index contributed by atoms with van der Waals surface area (Å²) >= 11 is 1.10. The van der Waals surface area contributed by atoms with Gasteiger partial charge in [0.25, 0.3) is 15.2 Å². The number of aromatic hydroxyl groups is 1. The van der Waals surface area contributed by atoms with E-state index < -0.39 is 15.9 Å². The Labute approximate surface area is 149 Å². The maximum absolute atomic E-state index is 10.8. The molecule has 0 aliphatic rings. The van der Waals surface area contributed by atoms with Gasteiger partial charge >= 0.3 is 0 Å². The fourth-order valence-corrected chi connectivity index (χ4v) is 2.88. The van der Waals surface area contributed by atoms with Crippen LogP contribution in [0.4, 0.5) is 21.6 Å². The third-order valence-electron chi connectivity index (χ3n) is 3.13. The van der Waals surface area contributed by atoms with Crippen molar-refractivity contribution in [2.75, 3.05) is 43.2 Å². The van der Waals surface area contributed by atoms with E-state index in [1.165, 1.54) is 4.90 Å². The van der Waals surface area contributed by atoms with E-state index in [0.29, 0.717) is 10.8 Å². The van der Waals surface area contributed by atoms with Gasteiger partial charge in [0.15, 0.2) is 0 Å². The second-order valence-electron chi connectivity index (χ2n) is 5.34. The van der Waals surface area contributed by atoms with Crippen molar-refractivity contribution in [2.24, 2.45) is 10.2 Å². The van der Waals surface area contributed by atoms with Crippen LogP contribution in [0.2, 0.25) is 0 Å². The highest BCUT2D eigenvalue weighted by atomic mass is 32.2. The number of hydrogen-bond acceptors (Lipinski definition) is 10. The van der Waals surface area contributed by atoms with E-state index in [0.717, 1.165) is 17.0 Å². The molecule has 0 aliphatic heterocycles. The number of hydrogen-bond donors (Lipinski definition) is 2. The molecule has 0 saturated heterocycles. The van der Waals surface area contributed by atoms with Crippen LogP contribution in [0, 0.1) is 0 Å². The molecule has 0 atom stereocenters. The van der Waals surface area contributed by atoms with Crippen LogP contribution in [-0.4, -0.2) is 61.7 Å². The molecule has 2 aromatic rings. The van der Waals surface area contributed by atoms with Crippen LogP contribution >= 0.6 is 11.3 Å². The minimum Gasteiger partial charge on any atom is -0.506 e. The van der Waals surface area contributed by atoms with Crippen LogP contribution in [0.1, 0.15) is 0 Å². The van der Waals surface area contributed by atoms with Crippen LogP contribution in [-0.2, 0) is 10.1 Å². The van der Waals surface area contributed by atoms with Gasteiger partial charge < -0.3 is 14.9 Å². The first-order valence-electron chi connectivity index (χ1n) is 7.07. The van der Waals surface area contributed by atoms with Gasteiger partial charge in [-0.05, 0) is 12.1 Å². The van der Waals surface area contributed by atoms with Crippen molar-refractivity contribution in [3.05, 3.63) is 18.2 Å². The minimum atomic E-state index is -4.04. The third kappa shape index (κ3) is 5.62. The topological polar surface area (TPSA) is 132 Å². The summed E-state index contributed by atoms with van der Waals surface area (Å²) in [4.78, 5) is 3.38. The Bertz CT molecular complexity index is 865. The predicted molar refractivity (Wildman–Crippen MR) is 96.2 cm³/mol. The predicted octanol–water partition coefficient (Wildman–Crippen LogP) is 2.05. The molecular formula is C13H18N6O4S2. The Morgan fingerprint density at radius 3 is 2.52 bits per heavy atom. The quantitative estimate of drug-likeness (QED) is 0.546. The monoisotopic (exact) mass is 386 g/mol. The molecule has 0 radical (unpaired) electrons. The Morgan fingerprint density at radius 2 is 1.92 bits per heavy atom. The maximum Gasteiger partial charge on any atom is 0.266 e. The van der Waals surface area contributed by atoms with Crippen molar-refractivity contribution >= 4 is 43.1 Å². The van der Waals surface area contributed by atoms with Gasteiger partial charge in [-0.2, -0.15) is 8.42 Å². The molecule has 136 valence electrons. The van der Waals surface area contributed by atoms with Crippen LogP contribution < -0.4 is 9.80 Å². The number of phenolic OH excluding ortho intramolecular Hbond substituents is 1. The fraction of sp³-hybridized carbons (Fsp3) is 0.385. The second kappa shape index (κ2) is 7.72. The fourth-order valence-electron chi connectivity index (χ4n) is 1.72. The van der Waals surface area contributed by atoms with Gasteiger partial charge in [0.05, 0.1) is 5.75 Å². The van der Waals surface area contributed by atoms with Gasteiger partial charge in [-0.1, -0.05) is 11.3 Å². The normalized spacial score (nSPS) is 11.8. The van der Waals surface area contributed by atoms with Crippen LogP contribution in [0.3, 0.4) is 0 Å². The number of aromatic nitrogens is 2. The van der Waals surface area contributed by atoms with Gasteiger partial charge in [0.2, 0.25) is 5.13 Å². The zero-order valence-corrected chi connectivity index (χ0v) is 15.5. The smallest absolute Gasteiger partial charge is 0.266 e. The first-order valence-corrected chi connectivity index (χ1v) is 9.50. The second-order valence-corrected chi connectivity index (χ2v) is 7.85. The molecule has 2 N–H and O–H groups in total. The Kier molecular flexibility index (Phi) is 5.87. The van der Waals surface area contributed by atoms with E-state index >= 15 is 0 Å². The van der Waals surface area contributed by atoms with Gasteiger partial charge in [-0.25, -0.2) is 0 Å². The summed E-state index contributed by atoms with van der Waals surface area (Å²) in [6.45, 7) is 0.0669. The minimum absolute atomic E-state index is 0.00930. The zero-order chi connectivity index (χ0) is 18.6. The third-order valence-corrected chi connectivity index (χ3v) is 4.75. The van der Waals surface area contributed by atoms with E-state index in [9.17, 15) is 13.5 Å². The molecule has 0 aliphatic carbocycles. The van der Waals surface area contributed by atoms with E-state index in [1.807, 2.05) is 19.0 Å². The van der Waals surface area contributed by atoms with Crippen LogP contribution in [0.15, 0.2) is 28.4 Å². The summed E-state index contributed by atoms with van der Waals surface area (Å²) in [5.41, 5.74) is 1.12. The first-order chi connectivity index (χ1) is 11.7. The van der Waals surface area contributed by atoms with Crippen molar-refractivity contribution in [1.29, 1.82) is 0 Å². The lowest BCUT2D eigenvalue weighted by Crippen LogP contribution is -2.24. The SMILES string of the molecule is CN(C)c1ccc(/N=N/c2nnc(N(C)CCS(=O)(=O)O)s2)c(O)c1. The highest BCUT2D eigenvalue weighted by Gasteiger charge is 2.12. The summed E-state index contributed by atoms with van der Waals surface area (Å²) in [5, 5.41) is 26.2. The lowest BCUT2D eigenvalue weighted by molar-refractivity contribution is 0.476. The standard InChI is InChI=1S/C13H18N6O4S2/c1-18(2)9-4-5-10(11(20)8-9)14-15-12-16-17-13(24-12)19(3)6-7-25(21,22)23/h4-5,8,20H,6-7H2,1-3H3,(H,21,22,23)/b15-14+. The lowest BCUT2D eigenvalue weighted by atomic mass is 10.2. The summed E-state index contributed by atoms with van der Waals surface area (Å²) in [6.07, 6.45) is 0. The van der Waals surface area contributed by atoms with Crippen molar-refractivity contribution in [3.8, 4) is 5.75 Å². The molecule has 0 bridgehead atoms. The molecule has 1 aromatic heterocycles. The van der Waals surface area contributed by atoms with Crippen LogP contribution in [0.5, 0.6) is 5.75 Å². The van der Waals surface area contributed by atoms with E-state index in [-0.39, 0.29) is 17.4 Å². The number of nitrogens with zero attached hydrogens (tertiary/aromatic N) is 6. The molecule has 25 heavy (non-hydrogen) atoms. The molecule has 0 amide bonds. The molecule has 12 heteroatoms. The van der Waals surface area contributed by atoms with E-state index in [2.05, 4.69) is 20.4 Å². The number of azo groups is 1. The van der Waals surface area contributed by atoms with Gasteiger partial charge in [0, 0.05) is 39.4 Å². The molecule has 10 nitrogen and oxygen atoms in total. The number of anilines is 2. The van der Waals surface area contributed by atoms with Crippen molar-refractivity contribution in [1.82, 2.24) is 10.2 Å². The molecule has 1 aromatic carbocycles. The molecule has 0 saturated carbocycles. The zero-order valence-electron chi connectivity index (χ0n) is 13.9. The molecule has 0 unspecified atom stereocenters. The Morgan fingerprint density at radius 1 is 1.20 bits per heavy atom. The average Bonchev–Trinajstić information content (AvgIpc) is 2.99. The Balaban J connectivity index is 2.06. The first kappa shape index (κ1) is 19.0. The summed E-state index contributed by atoms with van der Waals surface area (Å²) < 4.78 is 30.3. The Hall–Kier alpha value is -2.31. The summed E-state index contributed by atoms with van der Waals surface area (Å²) in [6, 6.07) is 5.00. The number of benzene rings is 1. The summed E-state index contributed by atoms with van der Waals surface area (Å²) in [5.74, 6) is -0.420. The largest absolute Gasteiger partial charge is 0.506 e. The van der Waals surface area contributed by atoms with Gasteiger partial charge in [-0.3, -0.25) is 4.55 Å². The highest BCUT2D eigenvalue weighted by Crippen LogP contribution is 2.33.